The molecule has 0 aliphatic rings. The van der Waals surface area contributed by atoms with Crippen LogP contribution in [0.25, 0.3) is 0 Å². The number of aliphatic hydroxyl groups is 1. The summed E-state index contributed by atoms with van der Waals surface area (Å²) in [6, 6.07) is 10.1. The van der Waals surface area contributed by atoms with Crippen LogP contribution in [-0.4, -0.2) is 16.9 Å². The highest BCUT2D eigenvalue weighted by Gasteiger charge is 2.17. The van der Waals surface area contributed by atoms with Gasteiger partial charge in [0, 0.05) is 6.54 Å². The first-order valence-electron chi connectivity index (χ1n) is 6.73. The molecule has 0 aromatic heterocycles. The second-order valence-electron chi connectivity index (χ2n) is 4.67. The Labute approximate surface area is 130 Å². The molecule has 2 aromatic rings. The molecule has 0 aliphatic carbocycles. The molecule has 0 saturated carbocycles. The van der Waals surface area contributed by atoms with E-state index < -0.39 is 29.1 Å². The fourth-order valence-corrected chi connectivity index (χ4v) is 1.92. The predicted octanol–water partition coefficient (Wildman–Crippen LogP) is 1.71. The van der Waals surface area contributed by atoms with Crippen molar-refractivity contribution < 1.29 is 23.5 Å². The van der Waals surface area contributed by atoms with Gasteiger partial charge in [-0.15, -0.1) is 0 Å². The molecule has 0 saturated heterocycles. The van der Waals surface area contributed by atoms with Crippen LogP contribution in [-0.2, 0) is 22.7 Å². The molecule has 23 heavy (non-hydrogen) atoms. The van der Waals surface area contributed by atoms with Crippen molar-refractivity contribution in [2.24, 2.45) is 0 Å². The largest absolute Gasteiger partial charge is 0.392 e. The molecule has 0 spiro atoms. The van der Waals surface area contributed by atoms with E-state index in [4.69, 9.17) is 0 Å². The predicted molar refractivity (Wildman–Crippen MR) is 79.2 cm³/mol. The molecule has 0 bridgehead atoms. The average Bonchev–Trinajstić information content (AvgIpc) is 2.57. The standard InChI is InChI=1S/C16H14F2N2O3/c17-12-6-3-7-13(14(12)18)20-16(23)15(22)19-8-10-4-1-2-5-11(10)9-21/h1-7,21H,8-9H2,(H,19,22)(H,20,23). The Morgan fingerprint density at radius 3 is 2.35 bits per heavy atom. The number of carbonyl (C=O) groups excluding carboxylic acids is 2. The Kier molecular flexibility index (Phi) is 5.37. The Morgan fingerprint density at radius 2 is 1.65 bits per heavy atom. The van der Waals surface area contributed by atoms with Gasteiger partial charge in [0.25, 0.3) is 0 Å². The van der Waals surface area contributed by atoms with Crippen molar-refractivity contribution in [3.63, 3.8) is 0 Å². The molecule has 5 nitrogen and oxygen atoms in total. The number of carbonyl (C=O) groups is 2. The highest BCUT2D eigenvalue weighted by Crippen LogP contribution is 2.16. The van der Waals surface area contributed by atoms with Crippen molar-refractivity contribution in [3.05, 3.63) is 65.2 Å². The van der Waals surface area contributed by atoms with E-state index in [9.17, 15) is 23.5 Å². The number of aliphatic hydroxyl groups excluding tert-OH is 1. The van der Waals surface area contributed by atoms with E-state index in [2.05, 4.69) is 5.32 Å². The fourth-order valence-electron chi connectivity index (χ4n) is 1.92. The fraction of sp³-hybridized carbons (Fsp3) is 0.125. The molecule has 2 amide bonds. The van der Waals surface area contributed by atoms with E-state index >= 15 is 0 Å². The Hall–Kier alpha value is -2.80. The van der Waals surface area contributed by atoms with Crippen LogP contribution in [0.2, 0.25) is 0 Å². The molecule has 0 unspecified atom stereocenters. The third-order valence-electron chi connectivity index (χ3n) is 3.13. The number of hydrogen-bond donors (Lipinski definition) is 3. The summed E-state index contributed by atoms with van der Waals surface area (Å²) in [6.45, 7) is -0.179. The molecule has 7 heteroatoms. The average molecular weight is 320 g/mol. The normalized spacial score (nSPS) is 10.2. The topological polar surface area (TPSA) is 78.4 Å². The van der Waals surface area contributed by atoms with E-state index in [0.29, 0.717) is 11.1 Å². The van der Waals surface area contributed by atoms with Gasteiger partial charge in [-0.1, -0.05) is 30.3 Å². The van der Waals surface area contributed by atoms with Gasteiger partial charge in [0.05, 0.1) is 12.3 Å². The molecule has 120 valence electrons. The first kappa shape index (κ1) is 16.6. The van der Waals surface area contributed by atoms with Gasteiger partial charge in [0.15, 0.2) is 11.6 Å². The van der Waals surface area contributed by atoms with Crippen molar-refractivity contribution in [1.29, 1.82) is 0 Å². The molecule has 0 heterocycles. The van der Waals surface area contributed by atoms with Crippen LogP contribution in [0.15, 0.2) is 42.5 Å². The smallest absolute Gasteiger partial charge is 0.313 e. The van der Waals surface area contributed by atoms with Gasteiger partial charge in [-0.3, -0.25) is 9.59 Å². The second-order valence-corrected chi connectivity index (χ2v) is 4.67. The third kappa shape index (κ3) is 4.10. The van der Waals surface area contributed by atoms with Gasteiger partial charge in [0.1, 0.15) is 0 Å². The Morgan fingerprint density at radius 1 is 0.957 bits per heavy atom. The van der Waals surface area contributed by atoms with Crippen molar-refractivity contribution in [1.82, 2.24) is 5.32 Å². The Balaban J connectivity index is 1.98. The summed E-state index contributed by atoms with van der Waals surface area (Å²) in [5, 5.41) is 13.5. The van der Waals surface area contributed by atoms with Gasteiger partial charge in [-0.2, -0.15) is 0 Å². The van der Waals surface area contributed by atoms with Gasteiger partial charge < -0.3 is 15.7 Å². The van der Waals surface area contributed by atoms with Crippen molar-refractivity contribution in [3.8, 4) is 0 Å². The van der Waals surface area contributed by atoms with E-state index in [1.165, 1.54) is 6.07 Å². The number of halogens is 2. The van der Waals surface area contributed by atoms with E-state index in [-0.39, 0.29) is 13.2 Å². The maximum absolute atomic E-state index is 13.4. The van der Waals surface area contributed by atoms with Gasteiger partial charge in [-0.25, -0.2) is 8.78 Å². The van der Waals surface area contributed by atoms with Crippen LogP contribution in [0.3, 0.4) is 0 Å². The zero-order chi connectivity index (χ0) is 16.8. The first-order chi connectivity index (χ1) is 11.0. The number of anilines is 1. The molecule has 0 radical (unpaired) electrons. The van der Waals surface area contributed by atoms with Crippen LogP contribution in [0.1, 0.15) is 11.1 Å². The maximum atomic E-state index is 13.4. The summed E-state index contributed by atoms with van der Waals surface area (Å²) < 4.78 is 26.5. The molecule has 2 rings (SSSR count). The summed E-state index contributed by atoms with van der Waals surface area (Å²) in [6.07, 6.45) is 0. The Bertz CT molecular complexity index is 735. The van der Waals surface area contributed by atoms with E-state index in [1.54, 1.807) is 24.3 Å². The molecular formula is C16H14F2N2O3. The summed E-state index contributed by atoms with van der Waals surface area (Å²) in [5.74, 6) is -4.48. The van der Waals surface area contributed by atoms with Crippen LogP contribution in [0, 0.1) is 11.6 Å². The highest BCUT2D eigenvalue weighted by molar-refractivity contribution is 6.39. The van der Waals surface area contributed by atoms with Crippen LogP contribution in [0.5, 0.6) is 0 Å². The minimum atomic E-state index is -1.24. The lowest BCUT2D eigenvalue weighted by atomic mass is 10.1. The van der Waals surface area contributed by atoms with Crippen LogP contribution < -0.4 is 10.6 Å². The summed E-state index contributed by atoms with van der Waals surface area (Å²) in [5.41, 5.74) is 0.846. The lowest BCUT2D eigenvalue weighted by molar-refractivity contribution is -0.136. The molecule has 2 aromatic carbocycles. The van der Waals surface area contributed by atoms with Crippen LogP contribution >= 0.6 is 0 Å². The second kappa shape index (κ2) is 7.46. The SMILES string of the molecule is O=C(NCc1ccccc1CO)C(=O)Nc1cccc(F)c1F. The number of rotatable bonds is 4. The summed E-state index contributed by atoms with van der Waals surface area (Å²) >= 11 is 0. The lowest BCUT2D eigenvalue weighted by Crippen LogP contribution is -2.35. The van der Waals surface area contributed by atoms with Gasteiger partial charge in [-0.05, 0) is 23.3 Å². The van der Waals surface area contributed by atoms with Crippen molar-refractivity contribution in [2.75, 3.05) is 5.32 Å². The van der Waals surface area contributed by atoms with E-state index in [0.717, 1.165) is 12.1 Å². The molecule has 0 atom stereocenters. The number of benzene rings is 2. The first-order valence-corrected chi connectivity index (χ1v) is 6.73. The van der Waals surface area contributed by atoms with Crippen LogP contribution in [0.4, 0.5) is 14.5 Å². The summed E-state index contributed by atoms with van der Waals surface area (Å²) in [7, 11) is 0. The number of hydrogen-bond acceptors (Lipinski definition) is 3. The van der Waals surface area contributed by atoms with Gasteiger partial charge >= 0.3 is 11.8 Å². The highest BCUT2D eigenvalue weighted by atomic mass is 19.2. The lowest BCUT2D eigenvalue weighted by Gasteiger charge is -2.09. The minimum Gasteiger partial charge on any atom is -0.392 e. The minimum absolute atomic E-state index is 0.0224. The van der Waals surface area contributed by atoms with Crippen molar-refractivity contribution in [2.45, 2.75) is 13.2 Å². The van der Waals surface area contributed by atoms with E-state index in [1.807, 2.05) is 5.32 Å². The number of nitrogens with one attached hydrogen (secondary N) is 2. The molecule has 0 aliphatic heterocycles. The van der Waals surface area contributed by atoms with Gasteiger partial charge in [0.2, 0.25) is 0 Å². The zero-order valence-corrected chi connectivity index (χ0v) is 12.0. The monoisotopic (exact) mass is 320 g/mol. The summed E-state index contributed by atoms with van der Waals surface area (Å²) in [4.78, 5) is 23.4. The molecular weight excluding hydrogens is 306 g/mol. The maximum Gasteiger partial charge on any atom is 0.313 e. The quantitative estimate of drug-likeness (QED) is 0.751. The molecule has 0 fully saturated rings. The number of amides is 2. The molecule has 3 N–H and O–H groups in total. The zero-order valence-electron chi connectivity index (χ0n) is 12.0. The van der Waals surface area contributed by atoms with Crippen molar-refractivity contribution >= 4 is 17.5 Å². The third-order valence-corrected chi connectivity index (χ3v) is 3.13.